The van der Waals surface area contributed by atoms with Crippen LogP contribution in [-0.4, -0.2) is 30.3 Å². The highest BCUT2D eigenvalue weighted by Crippen LogP contribution is 2.17. The number of hydrogen-bond donors (Lipinski definition) is 3. The monoisotopic (exact) mass is 278 g/mol. The van der Waals surface area contributed by atoms with Gasteiger partial charge in [0.2, 0.25) is 0 Å². The van der Waals surface area contributed by atoms with Gasteiger partial charge in [0.05, 0.1) is 6.10 Å². The van der Waals surface area contributed by atoms with Crippen LogP contribution in [-0.2, 0) is 6.42 Å². The summed E-state index contributed by atoms with van der Waals surface area (Å²) in [4.78, 5) is 11.6. The lowest BCUT2D eigenvalue weighted by atomic mass is 9.89. The molecule has 1 atom stereocenters. The summed E-state index contributed by atoms with van der Waals surface area (Å²) in [7, 11) is 0. The largest absolute Gasteiger partial charge is 0.391 e. The van der Waals surface area contributed by atoms with Gasteiger partial charge in [-0.25, -0.2) is 4.79 Å². The van der Waals surface area contributed by atoms with E-state index in [2.05, 4.69) is 41.8 Å². The standard InChI is InChI=1S/C16H26N2O2/c1-12-5-7-13(8-6-12)9-10-17-15(20)18-11-14(19)16(2,3)4/h5-8,14,19H,9-11H2,1-4H3,(H2,17,18,20). The number of aliphatic hydroxyl groups is 1. The topological polar surface area (TPSA) is 61.4 Å². The van der Waals surface area contributed by atoms with Gasteiger partial charge in [-0.1, -0.05) is 50.6 Å². The van der Waals surface area contributed by atoms with Gasteiger partial charge in [0.15, 0.2) is 0 Å². The Kier molecular flexibility index (Phi) is 6.02. The maximum absolute atomic E-state index is 11.6. The van der Waals surface area contributed by atoms with Crippen molar-refractivity contribution in [3.63, 3.8) is 0 Å². The van der Waals surface area contributed by atoms with Crippen molar-refractivity contribution in [2.24, 2.45) is 5.41 Å². The Morgan fingerprint density at radius 2 is 1.80 bits per heavy atom. The molecule has 0 aliphatic heterocycles. The van der Waals surface area contributed by atoms with Crippen molar-refractivity contribution in [3.05, 3.63) is 35.4 Å². The van der Waals surface area contributed by atoms with Crippen molar-refractivity contribution >= 4 is 6.03 Å². The van der Waals surface area contributed by atoms with E-state index in [4.69, 9.17) is 0 Å². The number of nitrogens with one attached hydrogen (secondary N) is 2. The van der Waals surface area contributed by atoms with Gasteiger partial charge in [0, 0.05) is 13.1 Å². The average molecular weight is 278 g/mol. The first-order chi connectivity index (χ1) is 9.29. The molecule has 0 spiro atoms. The minimum Gasteiger partial charge on any atom is -0.391 e. The van der Waals surface area contributed by atoms with Crippen LogP contribution in [0, 0.1) is 12.3 Å². The van der Waals surface area contributed by atoms with E-state index in [-0.39, 0.29) is 18.0 Å². The Bertz CT molecular complexity index is 421. The molecule has 1 aromatic rings. The lowest BCUT2D eigenvalue weighted by Crippen LogP contribution is -2.44. The van der Waals surface area contributed by atoms with Gasteiger partial charge in [-0.15, -0.1) is 0 Å². The number of aryl methyl sites for hydroxylation is 1. The van der Waals surface area contributed by atoms with E-state index in [1.54, 1.807) is 0 Å². The zero-order valence-electron chi connectivity index (χ0n) is 12.9. The van der Waals surface area contributed by atoms with E-state index in [9.17, 15) is 9.90 Å². The molecule has 4 heteroatoms. The van der Waals surface area contributed by atoms with Crippen LogP contribution in [0.5, 0.6) is 0 Å². The highest BCUT2D eigenvalue weighted by molar-refractivity contribution is 5.73. The molecule has 0 saturated carbocycles. The molecule has 0 aromatic heterocycles. The lowest BCUT2D eigenvalue weighted by molar-refractivity contribution is 0.0650. The molecule has 0 bridgehead atoms. The molecule has 2 amide bonds. The van der Waals surface area contributed by atoms with Crippen LogP contribution in [0.15, 0.2) is 24.3 Å². The van der Waals surface area contributed by atoms with Crippen LogP contribution in [0.25, 0.3) is 0 Å². The third-order valence-corrected chi connectivity index (χ3v) is 3.28. The van der Waals surface area contributed by atoms with Gasteiger partial charge in [-0.2, -0.15) is 0 Å². The van der Waals surface area contributed by atoms with E-state index < -0.39 is 6.10 Å². The highest BCUT2D eigenvalue weighted by atomic mass is 16.3. The number of rotatable bonds is 5. The summed E-state index contributed by atoms with van der Waals surface area (Å²) in [5.74, 6) is 0. The Hall–Kier alpha value is -1.55. The fourth-order valence-corrected chi connectivity index (χ4v) is 1.63. The molecule has 1 aromatic carbocycles. The summed E-state index contributed by atoms with van der Waals surface area (Å²) < 4.78 is 0. The molecule has 112 valence electrons. The van der Waals surface area contributed by atoms with Crippen molar-refractivity contribution < 1.29 is 9.90 Å². The summed E-state index contributed by atoms with van der Waals surface area (Å²) in [6, 6.07) is 8.03. The molecular weight excluding hydrogens is 252 g/mol. The van der Waals surface area contributed by atoms with Crippen LogP contribution >= 0.6 is 0 Å². The molecule has 1 rings (SSSR count). The summed E-state index contributed by atoms with van der Waals surface area (Å²) in [6.07, 6.45) is 0.251. The van der Waals surface area contributed by atoms with Crippen molar-refractivity contribution in [3.8, 4) is 0 Å². The first-order valence-corrected chi connectivity index (χ1v) is 7.04. The highest BCUT2D eigenvalue weighted by Gasteiger charge is 2.22. The number of carbonyl (C=O) groups excluding carboxylic acids is 1. The van der Waals surface area contributed by atoms with Gasteiger partial charge in [-0.05, 0) is 24.3 Å². The van der Waals surface area contributed by atoms with Gasteiger partial charge >= 0.3 is 6.03 Å². The number of carbonyl (C=O) groups is 1. The zero-order chi connectivity index (χ0) is 15.2. The maximum atomic E-state index is 11.6. The SMILES string of the molecule is Cc1ccc(CCNC(=O)NCC(O)C(C)(C)C)cc1. The Balaban J connectivity index is 2.22. The molecule has 0 aliphatic carbocycles. The Morgan fingerprint density at radius 3 is 2.35 bits per heavy atom. The fourth-order valence-electron chi connectivity index (χ4n) is 1.63. The Morgan fingerprint density at radius 1 is 1.20 bits per heavy atom. The van der Waals surface area contributed by atoms with Crippen LogP contribution in [0.3, 0.4) is 0 Å². The van der Waals surface area contributed by atoms with Crippen LogP contribution in [0.4, 0.5) is 4.79 Å². The fraction of sp³-hybridized carbons (Fsp3) is 0.562. The second kappa shape index (κ2) is 7.29. The quantitative estimate of drug-likeness (QED) is 0.773. The van der Waals surface area contributed by atoms with E-state index >= 15 is 0 Å². The third kappa shape index (κ3) is 6.06. The second-order valence-corrected chi connectivity index (χ2v) is 6.25. The number of benzene rings is 1. The predicted octanol–water partition coefficient (Wildman–Crippen LogP) is 2.24. The lowest BCUT2D eigenvalue weighted by Gasteiger charge is -2.25. The molecular formula is C16H26N2O2. The van der Waals surface area contributed by atoms with Crippen molar-refractivity contribution in [1.29, 1.82) is 0 Å². The molecule has 0 saturated heterocycles. The first-order valence-electron chi connectivity index (χ1n) is 7.04. The van der Waals surface area contributed by atoms with Gasteiger partial charge < -0.3 is 15.7 Å². The normalized spacial score (nSPS) is 12.8. The Labute approximate surface area is 121 Å². The molecule has 0 aliphatic rings. The zero-order valence-corrected chi connectivity index (χ0v) is 12.9. The molecule has 3 N–H and O–H groups in total. The third-order valence-electron chi connectivity index (χ3n) is 3.28. The first kappa shape index (κ1) is 16.5. The average Bonchev–Trinajstić information content (AvgIpc) is 2.37. The van der Waals surface area contributed by atoms with E-state index in [0.29, 0.717) is 6.54 Å². The molecule has 4 nitrogen and oxygen atoms in total. The minimum absolute atomic E-state index is 0.227. The minimum atomic E-state index is -0.551. The number of urea groups is 1. The molecule has 0 fully saturated rings. The number of hydrogen-bond acceptors (Lipinski definition) is 2. The van der Waals surface area contributed by atoms with Crippen molar-refractivity contribution in [2.45, 2.75) is 40.2 Å². The summed E-state index contributed by atoms with van der Waals surface area (Å²) in [5, 5.41) is 15.3. The summed E-state index contributed by atoms with van der Waals surface area (Å²) >= 11 is 0. The van der Waals surface area contributed by atoms with Crippen LogP contribution in [0.1, 0.15) is 31.9 Å². The van der Waals surface area contributed by atoms with Crippen LogP contribution in [0.2, 0.25) is 0 Å². The second-order valence-electron chi connectivity index (χ2n) is 6.25. The van der Waals surface area contributed by atoms with Gasteiger partial charge in [0.25, 0.3) is 0 Å². The van der Waals surface area contributed by atoms with Crippen LogP contribution < -0.4 is 10.6 Å². The van der Waals surface area contributed by atoms with E-state index in [0.717, 1.165) is 6.42 Å². The van der Waals surface area contributed by atoms with E-state index in [1.165, 1.54) is 11.1 Å². The van der Waals surface area contributed by atoms with E-state index in [1.807, 2.05) is 20.8 Å². The van der Waals surface area contributed by atoms with Crippen molar-refractivity contribution in [2.75, 3.05) is 13.1 Å². The van der Waals surface area contributed by atoms with Crippen molar-refractivity contribution in [1.82, 2.24) is 10.6 Å². The summed E-state index contributed by atoms with van der Waals surface area (Å²) in [6.45, 7) is 8.72. The van der Waals surface area contributed by atoms with Gasteiger partial charge in [0.1, 0.15) is 0 Å². The summed E-state index contributed by atoms with van der Waals surface area (Å²) in [5.41, 5.74) is 2.20. The maximum Gasteiger partial charge on any atom is 0.314 e. The predicted molar refractivity (Wildman–Crippen MR) is 81.7 cm³/mol. The molecule has 1 unspecified atom stereocenters. The molecule has 0 heterocycles. The molecule has 20 heavy (non-hydrogen) atoms. The smallest absolute Gasteiger partial charge is 0.314 e. The number of aliphatic hydroxyl groups excluding tert-OH is 1. The number of amides is 2. The van der Waals surface area contributed by atoms with Gasteiger partial charge in [-0.3, -0.25) is 0 Å². The molecule has 0 radical (unpaired) electrons.